The molecule has 2 amide bonds. The van der Waals surface area contributed by atoms with Crippen molar-refractivity contribution in [3.05, 3.63) is 131 Å². The molecule has 0 heterocycles. The summed E-state index contributed by atoms with van der Waals surface area (Å²) in [4.78, 5) is 26.5. The van der Waals surface area contributed by atoms with Crippen LogP contribution in [0.5, 0.6) is 0 Å². The van der Waals surface area contributed by atoms with Crippen LogP contribution in [0.1, 0.15) is 74.3 Å². The van der Waals surface area contributed by atoms with Gasteiger partial charge in [-0.3, -0.25) is 15.1 Å². The van der Waals surface area contributed by atoms with Crippen LogP contribution in [-0.2, 0) is 29.6 Å². The lowest BCUT2D eigenvalue weighted by Crippen LogP contribution is -2.43. The average molecular weight is 604 g/mol. The van der Waals surface area contributed by atoms with E-state index in [1.807, 2.05) is 73.7 Å². The molecule has 0 aromatic heterocycles. The fraction of sp³-hybridized carbons (Fsp3) is 0.308. The molecule has 45 heavy (non-hydrogen) atoms. The van der Waals surface area contributed by atoms with Crippen molar-refractivity contribution in [1.82, 2.24) is 10.2 Å². The van der Waals surface area contributed by atoms with Crippen LogP contribution < -0.4 is 5.32 Å². The van der Waals surface area contributed by atoms with Gasteiger partial charge in [0, 0.05) is 19.5 Å². The molecule has 0 bridgehead atoms. The molecule has 0 aliphatic heterocycles. The third kappa shape index (κ3) is 9.39. The van der Waals surface area contributed by atoms with Crippen LogP contribution in [-0.4, -0.2) is 34.4 Å². The number of urea groups is 1. The summed E-state index contributed by atoms with van der Waals surface area (Å²) in [6.07, 6.45) is 2.49. The number of aliphatic carboxylic acids is 1. The van der Waals surface area contributed by atoms with Crippen molar-refractivity contribution in [2.75, 3.05) is 6.54 Å². The van der Waals surface area contributed by atoms with E-state index in [0.717, 1.165) is 46.2 Å². The minimum absolute atomic E-state index is 0.0834. The Morgan fingerprint density at radius 2 is 1.49 bits per heavy atom. The first-order chi connectivity index (χ1) is 21.5. The lowest BCUT2D eigenvalue weighted by molar-refractivity contribution is -0.138. The molecule has 0 radical (unpaired) electrons. The van der Waals surface area contributed by atoms with Crippen molar-refractivity contribution in [3.8, 4) is 11.1 Å². The summed E-state index contributed by atoms with van der Waals surface area (Å²) in [6.45, 7) is 9.28. The molecule has 4 rings (SSSR count). The highest BCUT2D eigenvalue weighted by molar-refractivity contribution is 5.95. The number of amidine groups is 1. The normalized spacial score (nSPS) is 11.9. The van der Waals surface area contributed by atoms with Gasteiger partial charge in [0.25, 0.3) is 0 Å². The molecular formula is C39H45N3O3. The summed E-state index contributed by atoms with van der Waals surface area (Å²) in [5.74, 6) is -1.14. The van der Waals surface area contributed by atoms with Crippen molar-refractivity contribution in [2.45, 2.75) is 71.3 Å². The molecule has 1 unspecified atom stereocenters. The Labute approximate surface area is 267 Å². The molecule has 0 aliphatic rings. The quantitative estimate of drug-likeness (QED) is 0.112. The summed E-state index contributed by atoms with van der Waals surface area (Å²) in [7, 11) is 0. The number of amides is 2. The van der Waals surface area contributed by atoms with Gasteiger partial charge in [-0.2, -0.15) is 0 Å². The van der Waals surface area contributed by atoms with Crippen molar-refractivity contribution < 1.29 is 14.7 Å². The Balaban J connectivity index is 1.29. The topological polar surface area (TPSA) is 93.5 Å². The summed E-state index contributed by atoms with van der Waals surface area (Å²) < 4.78 is 0. The maximum absolute atomic E-state index is 12.9. The molecule has 0 aliphatic carbocycles. The molecule has 0 fully saturated rings. The first kappa shape index (κ1) is 33.2. The van der Waals surface area contributed by atoms with Crippen LogP contribution in [0.15, 0.2) is 103 Å². The average Bonchev–Trinajstić information content (AvgIpc) is 3.03. The molecule has 3 N–H and O–H groups in total. The third-order valence-electron chi connectivity index (χ3n) is 8.19. The first-order valence-corrected chi connectivity index (χ1v) is 15.7. The van der Waals surface area contributed by atoms with Crippen LogP contribution in [0.4, 0.5) is 4.79 Å². The number of carboxylic acid groups (broad SMARTS) is 1. The molecule has 6 nitrogen and oxygen atoms in total. The number of nitrogens with zero attached hydrogens (tertiary/aromatic N) is 1. The Morgan fingerprint density at radius 1 is 0.822 bits per heavy atom. The number of rotatable bonds is 12. The predicted octanol–water partition coefficient (Wildman–Crippen LogP) is 8.59. The number of benzene rings is 4. The maximum Gasteiger partial charge on any atom is 0.323 e. The molecule has 4 aromatic carbocycles. The molecule has 4 aromatic rings. The van der Waals surface area contributed by atoms with Crippen LogP contribution in [0.3, 0.4) is 0 Å². The lowest BCUT2D eigenvalue weighted by atomic mass is 9.87. The van der Waals surface area contributed by atoms with E-state index in [2.05, 4.69) is 62.5 Å². The zero-order valence-corrected chi connectivity index (χ0v) is 26.8. The summed E-state index contributed by atoms with van der Waals surface area (Å²) in [6, 6.07) is 33.8. The van der Waals surface area contributed by atoms with E-state index in [9.17, 15) is 14.7 Å². The second-order valence-electron chi connectivity index (χ2n) is 12.6. The maximum atomic E-state index is 12.9. The number of hydrogen-bond donors (Lipinski definition) is 3. The molecule has 234 valence electrons. The standard InChI is InChI=1S/C39H45N3O3/c1-5-42(38(45)41-27-30-19-23-34(24-20-30)39(2,3)4)36(40)16-9-13-28-17-21-31(22-18-28)32-14-10-15-33(26-32)35(37(43)44)25-29-11-7-6-8-12-29/h6-8,10-12,14-15,17-24,26,35,40H,5,9,13,16,25,27H2,1-4H3,(H,41,45)(H,43,44). The molecule has 6 heteroatoms. The fourth-order valence-corrected chi connectivity index (χ4v) is 5.44. The molecular weight excluding hydrogens is 558 g/mol. The number of carboxylic acids is 1. The molecule has 0 saturated heterocycles. The zero-order chi connectivity index (χ0) is 32.4. The minimum Gasteiger partial charge on any atom is -0.481 e. The van der Waals surface area contributed by atoms with Gasteiger partial charge in [0.05, 0.1) is 5.92 Å². The number of aryl methyl sites for hydroxylation is 1. The number of nitrogens with one attached hydrogen (secondary N) is 2. The van der Waals surface area contributed by atoms with E-state index in [1.165, 1.54) is 10.5 Å². The Kier molecular flexibility index (Phi) is 11.3. The fourth-order valence-electron chi connectivity index (χ4n) is 5.44. The van der Waals surface area contributed by atoms with E-state index in [-0.39, 0.29) is 11.4 Å². The Hall–Kier alpha value is -4.71. The van der Waals surface area contributed by atoms with Gasteiger partial charge in [-0.15, -0.1) is 0 Å². The summed E-state index contributed by atoms with van der Waals surface area (Å²) in [5.41, 5.74) is 7.31. The van der Waals surface area contributed by atoms with Gasteiger partial charge in [0.1, 0.15) is 5.84 Å². The Morgan fingerprint density at radius 3 is 2.11 bits per heavy atom. The van der Waals surface area contributed by atoms with E-state index < -0.39 is 11.9 Å². The second-order valence-corrected chi connectivity index (χ2v) is 12.6. The number of carbonyl (C=O) groups is 2. The Bertz CT molecular complexity index is 1570. The van der Waals surface area contributed by atoms with Crippen molar-refractivity contribution in [3.63, 3.8) is 0 Å². The monoisotopic (exact) mass is 603 g/mol. The van der Waals surface area contributed by atoms with Crippen LogP contribution >= 0.6 is 0 Å². The van der Waals surface area contributed by atoms with Gasteiger partial charge in [-0.25, -0.2) is 4.79 Å². The highest BCUT2D eigenvalue weighted by Gasteiger charge is 2.21. The minimum atomic E-state index is -0.832. The van der Waals surface area contributed by atoms with Crippen LogP contribution in [0.2, 0.25) is 0 Å². The number of carbonyl (C=O) groups excluding carboxylic acids is 1. The second kappa shape index (κ2) is 15.3. The summed E-state index contributed by atoms with van der Waals surface area (Å²) >= 11 is 0. The highest BCUT2D eigenvalue weighted by atomic mass is 16.4. The van der Waals surface area contributed by atoms with E-state index in [4.69, 9.17) is 5.41 Å². The van der Waals surface area contributed by atoms with Crippen molar-refractivity contribution in [1.29, 1.82) is 5.41 Å². The zero-order valence-electron chi connectivity index (χ0n) is 26.8. The lowest BCUT2D eigenvalue weighted by Gasteiger charge is -2.22. The van der Waals surface area contributed by atoms with E-state index in [1.54, 1.807) is 0 Å². The van der Waals surface area contributed by atoms with Gasteiger partial charge in [-0.05, 0) is 70.5 Å². The highest BCUT2D eigenvalue weighted by Crippen LogP contribution is 2.28. The first-order valence-electron chi connectivity index (χ1n) is 15.7. The van der Waals surface area contributed by atoms with Gasteiger partial charge in [0.2, 0.25) is 0 Å². The van der Waals surface area contributed by atoms with E-state index in [0.29, 0.717) is 31.8 Å². The van der Waals surface area contributed by atoms with Crippen LogP contribution in [0.25, 0.3) is 11.1 Å². The smallest absolute Gasteiger partial charge is 0.323 e. The SMILES string of the molecule is CCN(C(=N)CCCc1ccc(-c2cccc(C(Cc3ccccc3)C(=O)O)c2)cc1)C(=O)NCc1ccc(C(C)(C)C)cc1. The molecule has 0 spiro atoms. The number of hydrogen-bond acceptors (Lipinski definition) is 3. The third-order valence-corrected chi connectivity index (χ3v) is 8.19. The van der Waals surface area contributed by atoms with Crippen molar-refractivity contribution >= 4 is 17.8 Å². The molecule has 1 atom stereocenters. The van der Waals surface area contributed by atoms with Gasteiger partial charge < -0.3 is 10.4 Å². The van der Waals surface area contributed by atoms with Gasteiger partial charge >= 0.3 is 12.0 Å². The van der Waals surface area contributed by atoms with Gasteiger partial charge in [-0.1, -0.05) is 124 Å². The largest absolute Gasteiger partial charge is 0.481 e. The predicted molar refractivity (Wildman–Crippen MR) is 183 cm³/mol. The van der Waals surface area contributed by atoms with Crippen molar-refractivity contribution in [2.24, 2.45) is 0 Å². The summed E-state index contributed by atoms with van der Waals surface area (Å²) in [5, 5.41) is 21.5. The van der Waals surface area contributed by atoms with Crippen LogP contribution in [0, 0.1) is 5.41 Å². The van der Waals surface area contributed by atoms with Gasteiger partial charge in [0.15, 0.2) is 0 Å². The van der Waals surface area contributed by atoms with E-state index >= 15 is 0 Å². The molecule has 0 saturated carbocycles.